The quantitative estimate of drug-likeness (QED) is 0.237. The van der Waals surface area contributed by atoms with E-state index in [4.69, 9.17) is 5.11 Å². The molecule has 0 bridgehead atoms. The number of carbonyl (C=O) groups is 1. The van der Waals surface area contributed by atoms with Crippen LogP contribution in [0.3, 0.4) is 0 Å². The van der Waals surface area contributed by atoms with Gasteiger partial charge in [-0.25, -0.2) is 0 Å². The summed E-state index contributed by atoms with van der Waals surface area (Å²) in [4.78, 5) is 11.7. The highest BCUT2D eigenvalue weighted by molar-refractivity contribution is 7.80. The second kappa shape index (κ2) is 11.3. The molecule has 1 aromatic rings. The first-order valence-electron chi connectivity index (χ1n) is 7.96. The Bertz CT molecular complexity index is 533. The largest absolute Gasteiger partial charge is 0.394 e. The van der Waals surface area contributed by atoms with Crippen LogP contribution in [0.15, 0.2) is 24.3 Å². The van der Waals surface area contributed by atoms with E-state index in [9.17, 15) is 25.2 Å². The van der Waals surface area contributed by atoms with E-state index in [2.05, 4.69) is 23.3 Å². The van der Waals surface area contributed by atoms with E-state index in [0.717, 1.165) is 0 Å². The summed E-state index contributed by atoms with van der Waals surface area (Å²) in [5, 5.41) is 52.8. The minimum atomic E-state index is -1.67. The van der Waals surface area contributed by atoms with Crippen LogP contribution in [0.2, 0.25) is 0 Å². The topological polar surface area (TPSA) is 142 Å². The van der Waals surface area contributed by atoms with Gasteiger partial charge in [0.25, 0.3) is 0 Å². The minimum Gasteiger partial charge on any atom is -0.394 e. The number of rotatable bonds is 11. The second-order valence-corrected chi connectivity index (χ2v) is 6.08. The molecule has 0 aliphatic rings. The molecule has 0 aromatic heterocycles. The van der Waals surface area contributed by atoms with Crippen LogP contribution >= 0.6 is 12.6 Å². The van der Waals surface area contributed by atoms with Gasteiger partial charge in [-0.3, -0.25) is 4.79 Å². The first kappa shape index (κ1) is 21.7. The number of benzene rings is 1. The van der Waals surface area contributed by atoms with Gasteiger partial charge in [-0.2, -0.15) is 12.6 Å². The van der Waals surface area contributed by atoms with Crippen molar-refractivity contribution in [2.45, 2.75) is 37.3 Å². The third kappa shape index (κ3) is 7.59. The Hall–Kier alpha value is -1.36. The molecule has 0 aliphatic carbocycles. The zero-order valence-electron chi connectivity index (χ0n) is 13.7. The lowest BCUT2D eigenvalue weighted by molar-refractivity contribution is -0.116. The predicted molar refractivity (Wildman–Crippen MR) is 97.8 cm³/mol. The van der Waals surface area contributed by atoms with Crippen molar-refractivity contribution in [3.05, 3.63) is 24.3 Å². The fraction of sp³-hybridized carbons (Fsp3) is 0.562. The molecular weight excluding hydrogens is 348 g/mol. The predicted octanol–water partition coefficient (Wildman–Crippen LogP) is -0.817. The zero-order chi connectivity index (χ0) is 18.8. The normalized spacial score (nSPS) is 15.9. The highest BCUT2D eigenvalue weighted by Crippen LogP contribution is 2.16. The summed E-state index contributed by atoms with van der Waals surface area (Å²) in [5.74, 6) is 0.509. The molecule has 2 unspecified atom stereocenters. The lowest BCUT2D eigenvalue weighted by Gasteiger charge is -2.26. The summed E-state index contributed by atoms with van der Waals surface area (Å²) in [5.41, 5.74) is 1.18. The van der Waals surface area contributed by atoms with Crippen LogP contribution < -0.4 is 10.6 Å². The van der Waals surface area contributed by atoms with E-state index in [1.807, 2.05) is 0 Å². The monoisotopic (exact) mass is 374 g/mol. The standard InChI is InChI=1S/C16H26N2O6S/c19-9-13(21)16(24)15(23)12(20)8-17-10-3-1-4-11(7-10)18-14(22)5-2-6-25/h1,3-4,7,12-13,15-17,19-21,23-25H,2,5-6,8-9H2,(H,18,22)/t12?,13?,15-,16+/m0/s1. The van der Waals surface area contributed by atoms with Crippen molar-refractivity contribution >= 4 is 29.9 Å². The lowest BCUT2D eigenvalue weighted by atomic mass is 10.0. The third-order valence-corrected chi connectivity index (χ3v) is 3.87. The van der Waals surface area contributed by atoms with Gasteiger partial charge >= 0.3 is 0 Å². The molecule has 0 saturated heterocycles. The number of carbonyl (C=O) groups excluding carboxylic acids is 1. The number of aliphatic hydroxyl groups is 5. The molecular formula is C16H26N2O6S. The molecule has 1 rings (SSSR count). The molecule has 0 fully saturated rings. The number of aliphatic hydroxyl groups excluding tert-OH is 5. The Morgan fingerprint density at radius 3 is 2.36 bits per heavy atom. The Morgan fingerprint density at radius 1 is 1.08 bits per heavy atom. The average Bonchev–Trinajstić information content (AvgIpc) is 2.62. The van der Waals surface area contributed by atoms with Gasteiger partial charge in [0.15, 0.2) is 0 Å². The summed E-state index contributed by atoms with van der Waals surface area (Å²) in [6, 6.07) is 6.80. The van der Waals surface area contributed by atoms with Gasteiger partial charge in [-0.15, -0.1) is 0 Å². The van der Waals surface area contributed by atoms with Crippen molar-refractivity contribution in [3.63, 3.8) is 0 Å². The first-order valence-corrected chi connectivity index (χ1v) is 8.60. The van der Waals surface area contributed by atoms with Gasteiger partial charge in [0, 0.05) is 24.3 Å². The molecule has 4 atom stereocenters. The molecule has 0 aliphatic heterocycles. The second-order valence-electron chi connectivity index (χ2n) is 5.64. The number of thiol groups is 1. The number of anilines is 2. The van der Waals surface area contributed by atoms with Crippen molar-refractivity contribution in [1.29, 1.82) is 0 Å². The smallest absolute Gasteiger partial charge is 0.224 e. The van der Waals surface area contributed by atoms with Crippen LogP contribution in [-0.2, 0) is 4.79 Å². The van der Waals surface area contributed by atoms with Crippen molar-refractivity contribution in [1.82, 2.24) is 0 Å². The maximum absolute atomic E-state index is 11.7. The SMILES string of the molecule is O=C(CCCS)Nc1cccc(NCC(O)[C@H](O)[C@H](O)C(O)CO)c1. The third-order valence-electron chi connectivity index (χ3n) is 3.55. The molecule has 8 nitrogen and oxygen atoms in total. The molecule has 7 N–H and O–H groups in total. The van der Waals surface area contributed by atoms with Gasteiger partial charge < -0.3 is 36.2 Å². The maximum Gasteiger partial charge on any atom is 0.224 e. The van der Waals surface area contributed by atoms with Crippen LogP contribution in [0.25, 0.3) is 0 Å². The van der Waals surface area contributed by atoms with Crippen LogP contribution in [-0.4, -0.2) is 74.8 Å². The average molecular weight is 374 g/mol. The lowest BCUT2D eigenvalue weighted by Crippen LogP contribution is -2.48. The molecule has 0 radical (unpaired) electrons. The fourth-order valence-electron chi connectivity index (χ4n) is 2.08. The Kier molecular flexibility index (Phi) is 9.79. The van der Waals surface area contributed by atoms with Crippen LogP contribution in [0.5, 0.6) is 0 Å². The number of amides is 1. The van der Waals surface area contributed by atoms with Crippen molar-refractivity contribution in [2.24, 2.45) is 0 Å². The fourth-order valence-corrected chi connectivity index (χ4v) is 2.23. The molecule has 25 heavy (non-hydrogen) atoms. The molecule has 0 saturated carbocycles. The molecule has 0 spiro atoms. The van der Waals surface area contributed by atoms with Gasteiger partial charge in [0.05, 0.1) is 12.7 Å². The van der Waals surface area contributed by atoms with E-state index in [-0.39, 0.29) is 12.5 Å². The summed E-state index contributed by atoms with van der Waals surface area (Å²) < 4.78 is 0. The molecule has 9 heteroatoms. The van der Waals surface area contributed by atoms with Crippen LogP contribution in [0, 0.1) is 0 Å². The van der Waals surface area contributed by atoms with Crippen molar-refractivity contribution in [2.75, 3.05) is 29.5 Å². The van der Waals surface area contributed by atoms with E-state index < -0.39 is 31.0 Å². The minimum absolute atomic E-state index is 0.104. The molecule has 1 amide bonds. The number of hydrogen-bond donors (Lipinski definition) is 8. The molecule has 0 heterocycles. The molecule has 1 aromatic carbocycles. The van der Waals surface area contributed by atoms with Crippen LogP contribution in [0.4, 0.5) is 11.4 Å². The highest BCUT2D eigenvalue weighted by atomic mass is 32.1. The summed E-state index contributed by atoms with van der Waals surface area (Å²) in [6.07, 6.45) is -5.15. The maximum atomic E-state index is 11.7. The van der Waals surface area contributed by atoms with Gasteiger partial charge in [0.1, 0.15) is 18.3 Å². The Labute approximate surface area is 151 Å². The van der Waals surface area contributed by atoms with Crippen molar-refractivity contribution < 1.29 is 30.3 Å². The molecule has 142 valence electrons. The number of nitrogens with one attached hydrogen (secondary N) is 2. The van der Waals surface area contributed by atoms with Crippen LogP contribution in [0.1, 0.15) is 12.8 Å². The number of hydrogen-bond acceptors (Lipinski definition) is 8. The van der Waals surface area contributed by atoms with E-state index in [0.29, 0.717) is 30.0 Å². The van der Waals surface area contributed by atoms with E-state index in [1.54, 1.807) is 24.3 Å². The van der Waals surface area contributed by atoms with E-state index in [1.165, 1.54) is 0 Å². The van der Waals surface area contributed by atoms with Gasteiger partial charge in [-0.1, -0.05) is 6.07 Å². The van der Waals surface area contributed by atoms with Gasteiger partial charge in [-0.05, 0) is 30.4 Å². The van der Waals surface area contributed by atoms with Gasteiger partial charge in [0.2, 0.25) is 5.91 Å². The zero-order valence-corrected chi connectivity index (χ0v) is 14.6. The Balaban J connectivity index is 2.54. The summed E-state index contributed by atoms with van der Waals surface area (Å²) in [6.45, 7) is -0.833. The highest BCUT2D eigenvalue weighted by Gasteiger charge is 2.29. The van der Waals surface area contributed by atoms with E-state index >= 15 is 0 Å². The Morgan fingerprint density at radius 2 is 1.72 bits per heavy atom. The summed E-state index contributed by atoms with van der Waals surface area (Å²) in [7, 11) is 0. The summed E-state index contributed by atoms with van der Waals surface area (Å²) >= 11 is 4.05. The first-order chi connectivity index (χ1) is 11.9. The van der Waals surface area contributed by atoms with Crippen molar-refractivity contribution in [3.8, 4) is 0 Å².